The van der Waals surface area contributed by atoms with E-state index in [0.29, 0.717) is 10.7 Å². The van der Waals surface area contributed by atoms with Gasteiger partial charge in [0.15, 0.2) is 0 Å². The van der Waals surface area contributed by atoms with Crippen molar-refractivity contribution in [2.45, 2.75) is 0 Å². The van der Waals surface area contributed by atoms with Crippen molar-refractivity contribution in [3.63, 3.8) is 0 Å². The second kappa shape index (κ2) is 4.53. The third-order valence-corrected chi connectivity index (χ3v) is 1.70. The van der Waals surface area contributed by atoms with Gasteiger partial charge in [-0.25, -0.2) is 0 Å². The Kier molecular flexibility index (Phi) is 3.36. The van der Waals surface area contributed by atoms with Crippen molar-refractivity contribution >= 4 is 17.3 Å². The van der Waals surface area contributed by atoms with Gasteiger partial charge in [0.2, 0.25) is 0 Å². The molecule has 0 bridgehead atoms. The number of halogens is 1. The van der Waals surface area contributed by atoms with Crippen LogP contribution in [0.1, 0.15) is 5.56 Å². The SMILES string of the molecule is NC(N)=C/C=C(\N)c1cncc(Cl)c1. The molecule has 1 aromatic heterocycles. The van der Waals surface area contributed by atoms with Crippen molar-refractivity contribution in [3.05, 3.63) is 47.0 Å². The van der Waals surface area contributed by atoms with Gasteiger partial charge in [-0.3, -0.25) is 4.98 Å². The number of aromatic nitrogens is 1. The predicted molar refractivity (Wildman–Crippen MR) is 57.9 cm³/mol. The summed E-state index contributed by atoms with van der Waals surface area (Å²) < 4.78 is 0. The molecule has 0 saturated carbocycles. The average molecular weight is 211 g/mol. The summed E-state index contributed by atoms with van der Waals surface area (Å²) in [6.07, 6.45) is 6.25. The van der Waals surface area contributed by atoms with Gasteiger partial charge in [0, 0.05) is 23.7 Å². The first-order valence-corrected chi connectivity index (χ1v) is 4.26. The molecule has 14 heavy (non-hydrogen) atoms. The van der Waals surface area contributed by atoms with Crippen molar-refractivity contribution in [1.29, 1.82) is 0 Å². The Morgan fingerprint density at radius 1 is 1.21 bits per heavy atom. The van der Waals surface area contributed by atoms with E-state index in [1.54, 1.807) is 18.3 Å². The highest BCUT2D eigenvalue weighted by atomic mass is 35.5. The largest absolute Gasteiger partial charge is 0.398 e. The minimum Gasteiger partial charge on any atom is -0.398 e. The number of nitrogens with zero attached hydrogens (tertiary/aromatic N) is 1. The Bertz CT molecular complexity index is 380. The highest BCUT2D eigenvalue weighted by Crippen LogP contribution is 2.13. The van der Waals surface area contributed by atoms with Crippen LogP contribution in [0.2, 0.25) is 5.02 Å². The average Bonchev–Trinajstić information content (AvgIpc) is 2.14. The molecule has 0 unspecified atom stereocenters. The lowest BCUT2D eigenvalue weighted by atomic mass is 10.2. The molecule has 0 fully saturated rings. The lowest BCUT2D eigenvalue weighted by Crippen LogP contribution is -2.07. The van der Waals surface area contributed by atoms with Gasteiger partial charge in [0.05, 0.1) is 10.8 Å². The highest BCUT2D eigenvalue weighted by Gasteiger charge is 1.96. The zero-order valence-electron chi connectivity index (χ0n) is 7.44. The molecule has 0 aliphatic rings. The number of nitrogens with two attached hydrogens (primary N) is 3. The molecule has 0 aromatic carbocycles. The summed E-state index contributed by atoms with van der Waals surface area (Å²) in [6.45, 7) is 0. The van der Waals surface area contributed by atoms with Crippen LogP contribution < -0.4 is 17.2 Å². The highest BCUT2D eigenvalue weighted by molar-refractivity contribution is 6.30. The minimum absolute atomic E-state index is 0.197. The Labute approximate surface area is 87.1 Å². The van der Waals surface area contributed by atoms with Crippen molar-refractivity contribution in [3.8, 4) is 0 Å². The molecule has 1 rings (SSSR count). The van der Waals surface area contributed by atoms with Crippen molar-refractivity contribution < 1.29 is 0 Å². The van der Waals surface area contributed by atoms with Gasteiger partial charge in [0.25, 0.3) is 0 Å². The van der Waals surface area contributed by atoms with E-state index in [4.69, 9.17) is 28.8 Å². The zero-order valence-corrected chi connectivity index (χ0v) is 8.20. The fourth-order valence-electron chi connectivity index (χ4n) is 0.852. The third-order valence-electron chi connectivity index (χ3n) is 1.49. The summed E-state index contributed by atoms with van der Waals surface area (Å²) in [5.41, 5.74) is 17.4. The molecule has 6 N–H and O–H groups in total. The fraction of sp³-hybridized carbons (Fsp3) is 0. The summed E-state index contributed by atoms with van der Waals surface area (Å²) in [7, 11) is 0. The van der Waals surface area contributed by atoms with Crippen LogP contribution in [0.3, 0.4) is 0 Å². The number of hydrogen-bond donors (Lipinski definition) is 3. The maximum absolute atomic E-state index is 5.74. The van der Waals surface area contributed by atoms with Crippen molar-refractivity contribution in [2.75, 3.05) is 0 Å². The molecule has 0 saturated heterocycles. The first-order valence-electron chi connectivity index (χ1n) is 3.89. The van der Waals surface area contributed by atoms with Gasteiger partial charge in [-0.15, -0.1) is 0 Å². The molecule has 5 heteroatoms. The molecule has 1 heterocycles. The molecule has 1 aromatic rings. The summed E-state index contributed by atoms with van der Waals surface area (Å²) in [6, 6.07) is 1.71. The topological polar surface area (TPSA) is 91.0 Å². The van der Waals surface area contributed by atoms with Crippen LogP contribution >= 0.6 is 11.6 Å². The number of pyridine rings is 1. The van der Waals surface area contributed by atoms with Gasteiger partial charge >= 0.3 is 0 Å². The number of rotatable bonds is 2. The number of allylic oxidation sites excluding steroid dienone is 2. The van der Waals surface area contributed by atoms with E-state index in [9.17, 15) is 0 Å². The standard InChI is InChI=1S/C9H11ClN4/c10-7-3-6(4-14-5-7)8(11)1-2-9(12)13/h1-5H,11-13H2/b8-1-. The van der Waals surface area contributed by atoms with Crippen molar-refractivity contribution in [2.24, 2.45) is 17.2 Å². The Morgan fingerprint density at radius 2 is 1.93 bits per heavy atom. The van der Waals surface area contributed by atoms with Crippen LogP contribution in [-0.4, -0.2) is 4.98 Å². The minimum atomic E-state index is 0.197. The van der Waals surface area contributed by atoms with Gasteiger partial charge in [-0.1, -0.05) is 11.6 Å². The molecule has 0 aliphatic heterocycles. The van der Waals surface area contributed by atoms with Crippen LogP contribution in [0.15, 0.2) is 36.4 Å². The van der Waals surface area contributed by atoms with E-state index in [1.165, 1.54) is 12.3 Å². The van der Waals surface area contributed by atoms with Gasteiger partial charge in [0.1, 0.15) is 0 Å². The molecule has 0 radical (unpaired) electrons. The molecule has 0 aliphatic carbocycles. The number of hydrogen-bond acceptors (Lipinski definition) is 4. The molecular formula is C9H11ClN4. The Hall–Kier alpha value is -1.68. The van der Waals surface area contributed by atoms with Gasteiger partial charge < -0.3 is 17.2 Å². The Balaban J connectivity index is 2.95. The summed E-state index contributed by atoms with van der Waals surface area (Å²) in [5, 5.41) is 0.531. The predicted octanol–water partition coefficient (Wildman–Crippen LogP) is 0.793. The summed E-state index contributed by atoms with van der Waals surface area (Å²) >= 11 is 5.74. The molecule has 0 amide bonds. The van der Waals surface area contributed by atoms with Crippen LogP contribution in [-0.2, 0) is 0 Å². The van der Waals surface area contributed by atoms with E-state index in [2.05, 4.69) is 4.98 Å². The van der Waals surface area contributed by atoms with Crippen LogP contribution in [0.4, 0.5) is 0 Å². The van der Waals surface area contributed by atoms with Crippen molar-refractivity contribution in [1.82, 2.24) is 4.98 Å². The second-order valence-corrected chi connectivity index (χ2v) is 3.12. The van der Waals surface area contributed by atoms with Crippen LogP contribution in [0, 0.1) is 0 Å². The fourth-order valence-corrected chi connectivity index (χ4v) is 1.03. The second-order valence-electron chi connectivity index (χ2n) is 2.68. The zero-order chi connectivity index (χ0) is 10.6. The van der Waals surface area contributed by atoms with E-state index >= 15 is 0 Å². The lowest BCUT2D eigenvalue weighted by Gasteiger charge is -1.99. The summed E-state index contributed by atoms with van der Waals surface area (Å²) in [5.74, 6) is 0.197. The first-order chi connectivity index (χ1) is 6.59. The lowest BCUT2D eigenvalue weighted by molar-refractivity contribution is 1.25. The Morgan fingerprint density at radius 3 is 2.50 bits per heavy atom. The van der Waals surface area contributed by atoms with Gasteiger partial charge in [-0.05, 0) is 18.2 Å². The van der Waals surface area contributed by atoms with Crippen LogP contribution in [0.5, 0.6) is 0 Å². The maximum atomic E-state index is 5.74. The smallest absolute Gasteiger partial charge is 0.0934 e. The van der Waals surface area contributed by atoms with Crippen LogP contribution in [0.25, 0.3) is 5.70 Å². The quantitative estimate of drug-likeness (QED) is 0.630. The molecule has 74 valence electrons. The molecular weight excluding hydrogens is 200 g/mol. The maximum Gasteiger partial charge on any atom is 0.0934 e. The van der Waals surface area contributed by atoms with E-state index in [-0.39, 0.29) is 5.82 Å². The van der Waals surface area contributed by atoms with E-state index in [1.807, 2.05) is 0 Å². The summed E-state index contributed by atoms with van der Waals surface area (Å²) in [4.78, 5) is 3.90. The first kappa shape index (κ1) is 10.4. The molecule has 0 spiro atoms. The third kappa shape index (κ3) is 2.99. The van der Waals surface area contributed by atoms with E-state index < -0.39 is 0 Å². The monoisotopic (exact) mass is 210 g/mol. The van der Waals surface area contributed by atoms with E-state index in [0.717, 1.165) is 5.56 Å². The van der Waals surface area contributed by atoms with Gasteiger partial charge in [-0.2, -0.15) is 0 Å². The normalized spacial score (nSPS) is 11.1. The molecule has 4 nitrogen and oxygen atoms in total. The molecule has 0 atom stereocenters.